The molecule has 0 rings (SSSR count). The third kappa shape index (κ3) is 38.6. The molecule has 0 fully saturated rings. The number of aliphatic carboxylic acids is 3. The average Bonchev–Trinajstić information content (AvgIpc) is 2.56. The quantitative estimate of drug-likeness (QED) is 0.247. The molecule has 1 atom stereocenters. The Morgan fingerprint density at radius 3 is 1.46 bits per heavy atom. The van der Waals surface area contributed by atoms with Gasteiger partial charge in [-0.25, -0.2) is 14.4 Å². The number of unbranched alkanes of at least 4 members (excludes halogenated alkanes) is 1. The topological polar surface area (TPSA) is 216 Å². The number of carboxylic acids is 3. The molecule has 0 saturated carbocycles. The molecule has 0 aromatic carbocycles. The van der Waals surface area contributed by atoms with Gasteiger partial charge in [0.1, 0.15) is 6.04 Å². The van der Waals surface area contributed by atoms with Crippen LogP contribution < -0.4 is 17.2 Å². The van der Waals surface area contributed by atoms with Gasteiger partial charge in [-0.1, -0.05) is 19.6 Å². The fourth-order valence-corrected chi connectivity index (χ4v) is 0.774. The van der Waals surface area contributed by atoms with E-state index in [0.717, 1.165) is 12.8 Å². The summed E-state index contributed by atoms with van der Waals surface area (Å²) < 4.78 is 4.18. The second kappa shape index (κ2) is 22.1. The monoisotopic (exact) mass is 407 g/mol. The van der Waals surface area contributed by atoms with Gasteiger partial charge in [0.05, 0.1) is 6.61 Å². The van der Waals surface area contributed by atoms with Gasteiger partial charge in [0.15, 0.2) is 0 Å². The lowest BCUT2D eigenvalue weighted by atomic mass is 10.1. The Morgan fingerprint density at radius 1 is 0.964 bits per heavy atom. The van der Waals surface area contributed by atoms with Gasteiger partial charge in [-0.2, -0.15) is 0 Å². The first kappa shape index (κ1) is 32.7. The number of hydrogen-bond donors (Lipinski definition) is 6. The van der Waals surface area contributed by atoms with E-state index in [4.69, 9.17) is 26.8 Å². The Bertz CT molecular complexity index is 459. The van der Waals surface area contributed by atoms with Gasteiger partial charge in [0.2, 0.25) is 0 Å². The Hall–Kier alpha value is -2.92. The normalized spacial score (nSPS) is 9.46. The van der Waals surface area contributed by atoms with E-state index in [1.807, 2.05) is 0 Å². The SMILES string of the molecule is C=C(C)C(=O)O.C=C(C)C(=O)O.CCOC(N)=O.NCCCC[C@H](N)C(=O)O. The van der Waals surface area contributed by atoms with Gasteiger partial charge in [-0.3, -0.25) is 4.79 Å². The number of primary amides is 1. The van der Waals surface area contributed by atoms with Gasteiger partial charge < -0.3 is 37.3 Å². The third-order valence-corrected chi connectivity index (χ3v) is 2.30. The lowest BCUT2D eigenvalue weighted by molar-refractivity contribution is -0.138. The van der Waals surface area contributed by atoms with Crippen LogP contribution >= 0.6 is 0 Å². The van der Waals surface area contributed by atoms with E-state index in [-0.39, 0.29) is 11.1 Å². The molecule has 164 valence electrons. The fraction of sp³-hybridized carbons (Fsp3) is 0.529. The Kier molecular flexibility index (Phi) is 25.9. The summed E-state index contributed by atoms with van der Waals surface area (Å²) in [7, 11) is 0. The lowest BCUT2D eigenvalue weighted by Gasteiger charge is -2.03. The molecule has 0 saturated heterocycles. The molecule has 0 heterocycles. The van der Waals surface area contributed by atoms with Crippen molar-refractivity contribution in [2.45, 2.75) is 46.1 Å². The average molecular weight is 407 g/mol. The Labute approximate surface area is 164 Å². The van der Waals surface area contributed by atoms with E-state index in [0.29, 0.717) is 19.6 Å². The molecule has 0 aromatic rings. The first-order chi connectivity index (χ1) is 12.7. The van der Waals surface area contributed by atoms with Gasteiger partial charge in [0, 0.05) is 11.1 Å². The first-order valence-corrected chi connectivity index (χ1v) is 8.12. The molecule has 0 aliphatic carbocycles. The highest BCUT2D eigenvalue weighted by Gasteiger charge is 2.09. The van der Waals surface area contributed by atoms with Crippen LogP contribution in [-0.2, 0) is 19.1 Å². The first-order valence-electron chi connectivity index (χ1n) is 8.12. The zero-order chi connectivity index (χ0) is 23.3. The molecule has 0 unspecified atom stereocenters. The van der Waals surface area contributed by atoms with E-state index in [9.17, 15) is 19.2 Å². The molecule has 0 aliphatic heterocycles. The van der Waals surface area contributed by atoms with Gasteiger partial charge in [0.25, 0.3) is 0 Å². The number of nitrogens with two attached hydrogens (primary N) is 3. The van der Waals surface area contributed by atoms with Crippen LogP contribution in [0.5, 0.6) is 0 Å². The maximum atomic E-state index is 10.1. The van der Waals surface area contributed by atoms with E-state index in [1.54, 1.807) is 6.92 Å². The Balaban J connectivity index is -0.000000142. The van der Waals surface area contributed by atoms with E-state index < -0.39 is 30.0 Å². The minimum atomic E-state index is -0.935. The predicted octanol–water partition coefficient (Wildman–Crippen LogP) is 0.923. The molecule has 9 N–H and O–H groups in total. The second-order valence-corrected chi connectivity index (χ2v) is 5.15. The van der Waals surface area contributed by atoms with E-state index in [1.165, 1.54) is 13.8 Å². The number of rotatable bonds is 8. The smallest absolute Gasteiger partial charge is 0.404 e. The third-order valence-electron chi connectivity index (χ3n) is 2.30. The van der Waals surface area contributed by atoms with Crippen molar-refractivity contribution in [3.8, 4) is 0 Å². The largest absolute Gasteiger partial charge is 0.480 e. The van der Waals surface area contributed by atoms with Crippen molar-refractivity contribution < 1.29 is 39.2 Å². The molecule has 0 radical (unpaired) electrons. The number of ether oxygens (including phenoxy) is 1. The standard InChI is InChI=1S/C6H14N2O2.2C4H6O2.C3H7NO2/c7-4-2-1-3-5(8)6(9)10;2*1-3(2)4(5)6;1-2-6-3(4)5/h5H,1-4,7-8H2,(H,9,10);2*1H2,2H3,(H,5,6);2H2,1H3,(H2,4,5)/t5-;;;/m0.../s1. The van der Waals surface area contributed by atoms with Crippen LogP contribution in [0.25, 0.3) is 0 Å². The van der Waals surface area contributed by atoms with Gasteiger partial charge >= 0.3 is 24.0 Å². The summed E-state index contributed by atoms with van der Waals surface area (Å²) in [5.74, 6) is -2.80. The molecular weight excluding hydrogens is 374 g/mol. The molecule has 0 aromatic heterocycles. The van der Waals surface area contributed by atoms with Crippen molar-refractivity contribution in [1.82, 2.24) is 0 Å². The highest BCUT2D eigenvalue weighted by molar-refractivity contribution is 5.85. The minimum absolute atomic E-state index is 0.176. The Morgan fingerprint density at radius 2 is 1.32 bits per heavy atom. The molecule has 11 heteroatoms. The molecule has 28 heavy (non-hydrogen) atoms. The van der Waals surface area contributed by atoms with Crippen LogP contribution in [0.2, 0.25) is 0 Å². The van der Waals surface area contributed by atoms with Gasteiger partial charge in [-0.05, 0) is 40.2 Å². The zero-order valence-corrected chi connectivity index (χ0v) is 16.6. The van der Waals surface area contributed by atoms with Crippen LogP contribution in [0.15, 0.2) is 24.3 Å². The summed E-state index contributed by atoms with van der Waals surface area (Å²) in [5, 5.41) is 24.1. The molecule has 0 spiro atoms. The lowest BCUT2D eigenvalue weighted by Crippen LogP contribution is -2.29. The number of carboxylic acid groups (broad SMARTS) is 3. The molecule has 11 nitrogen and oxygen atoms in total. The van der Waals surface area contributed by atoms with E-state index in [2.05, 4.69) is 23.6 Å². The second-order valence-electron chi connectivity index (χ2n) is 5.15. The summed E-state index contributed by atoms with van der Waals surface area (Å²) in [6.07, 6.45) is 1.45. The highest BCUT2D eigenvalue weighted by atomic mass is 16.5. The highest BCUT2D eigenvalue weighted by Crippen LogP contribution is 1.96. The number of amides is 1. The number of carbonyl (C=O) groups excluding carboxylic acids is 1. The maximum absolute atomic E-state index is 10.1. The molecule has 0 aliphatic rings. The molecule has 0 bridgehead atoms. The van der Waals surface area contributed by atoms with Crippen molar-refractivity contribution in [1.29, 1.82) is 0 Å². The molecule has 1 amide bonds. The van der Waals surface area contributed by atoms with Crippen molar-refractivity contribution in [3.05, 3.63) is 24.3 Å². The summed E-state index contributed by atoms with van der Waals surface area (Å²) in [6.45, 7) is 11.9. The predicted molar refractivity (Wildman–Crippen MR) is 105 cm³/mol. The maximum Gasteiger partial charge on any atom is 0.404 e. The van der Waals surface area contributed by atoms with Crippen molar-refractivity contribution in [2.75, 3.05) is 13.2 Å². The van der Waals surface area contributed by atoms with Gasteiger partial charge in [-0.15, -0.1) is 0 Å². The van der Waals surface area contributed by atoms with Crippen molar-refractivity contribution in [3.63, 3.8) is 0 Å². The van der Waals surface area contributed by atoms with Crippen molar-refractivity contribution in [2.24, 2.45) is 17.2 Å². The van der Waals surface area contributed by atoms with Crippen LogP contribution in [0, 0.1) is 0 Å². The van der Waals surface area contributed by atoms with Crippen LogP contribution in [0.4, 0.5) is 4.79 Å². The fourth-order valence-electron chi connectivity index (χ4n) is 0.774. The van der Waals surface area contributed by atoms with Crippen LogP contribution in [-0.4, -0.2) is 58.5 Å². The van der Waals surface area contributed by atoms with Crippen molar-refractivity contribution >= 4 is 24.0 Å². The molecular formula is C17H33N3O8. The van der Waals surface area contributed by atoms with E-state index >= 15 is 0 Å². The minimum Gasteiger partial charge on any atom is -0.480 e. The summed E-state index contributed by atoms with van der Waals surface area (Å²) in [4.78, 5) is 38.9. The number of hydrogen-bond acceptors (Lipinski definition) is 7. The summed E-state index contributed by atoms with van der Waals surface area (Å²) in [5.41, 5.74) is 15.3. The zero-order valence-electron chi connectivity index (χ0n) is 16.6. The summed E-state index contributed by atoms with van der Waals surface area (Å²) in [6, 6.07) is -0.716. The number of carbonyl (C=O) groups is 4. The van der Waals surface area contributed by atoms with Crippen LogP contribution in [0.1, 0.15) is 40.0 Å². The summed E-state index contributed by atoms with van der Waals surface area (Å²) >= 11 is 0. The van der Waals surface area contributed by atoms with Crippen LogP contribution in [0.3, 0.4) is 0 Å².